The highest BCUT2D eigenvalue weighted by Gasteiger charge is 2.21. The van der Waals surface area contributed by atoms with Crippen molar-refractivity contribution in [2.75, 3.05) is 14.2 Å². The average Bonchev–Trinajstić information content (AvgIpc) is 3.37. The Morgan fingerprint density at radius 3 is 0.844 bits per heavy atom. The lowest BCUT2D eigenvalue weighted by atomic mass is 9.81. The summed E-state index contributed by atoms with van der Waals surface area (Å²) >= 11 is 0. The van der Waals surface area contributed by atoms with Crippen LogP contribution < -0.4 is 9.47 Å². The highest BCUT2D eigenvalue weighted by molar-refractivity contribution is 6.32. The van der Waals surface area contributed by atoms with Crippen LogP contribution in [0.15, 0.2) is 218 Å². The van der Waals surface area contributed by atoms with Crippen molar-refractivity contribution in [1.82, 2.24) is 0 Å². The van der Waals surface area contributed by atoms with Gasteiger partial charge in [0, 0.05) is 0 Å². The molecule has 12 aromatic carbocycles. The van der Waals surface area contributed by atoms with Gasteiger partial charge in [-0.3, -0.25) is 0 Å². The number of fused-ring (bicyclic) bond motifs is 2. The van der Waals surface area contributed by atoms with Crippen LogP contribution in [-0.2, 0) is 0 Å². The predicted octanol–water partition coefficient (Wildman–Crippen LogP) is 16.9. The summed E-state index contributed by atoms with van der Waals surface area (Å²) in [4.78, 5) is 0. The standard InChI is InChI=1S/C62H42O2/c1-63-47-29-25-45(26-30-47)59-37-57(43-21-17-41(18-22-43)51-15-7-11-39-9-3-5-13-49(39)51)53-34-36-56-60(46-27-31-48(64-2)32-28-46)38-58(54-33-35-55(59)61(53)62(54)56)44-23-19-42(20-24-44)52-16-8-12-40-10-4-6-14-50(40)52/h3-38H,1-2H3. The fourth-order valence-electron chi connectivity index (χ4n) is 10.1. The number of rotatable bonds is 8. The molecule has 0 bridgehead atoms. The predicted molar refractivity (Wildman–Crippen MR) is 271 cm³/mol. The normalized spacial score (nSPS) is 11.6. The molecule has 0 saturated carbocycles. The van der Waals surface area contributed by atoms with E-state index in [0.717, 1.165) is 22.6 Å². The summed E-state index contributed by atoms with van der Waals surface area (Å²) in [5.74, 6) is 1.68. The van der Waals surface area contributed by atoms with Crippen molar-refractivity contribution in [2.45, 2.75) is 0 Å². The number of hydrogen-bond acceptors (Lipinski definition) is 2. The monoisotopic (exact) mass is 818 g/mol. The molecule has 2 nitrogen and oxygen atoms in total. The Morgan fingerprint density at radius 2 is 0.516 bits per heavy atom. The largest absolute Gasteiger partial charge is 0.497 e. The maximum Gasteiger partial charge on any atom is 0.118 e. The first-order valence-electron chi connectivity index (χ1n) is 21.9. The van der Waals surface area contributed by atoms with E-state index in [4.69, 9.17) is 9.47 Å². The second kappa shape index (κ2) is 15.3. The van der Waals surface area contributed by atoms with Gasteiger partial charge < -0.3 is 9.47 Å². The van der Waals surface area contributed by atoms with Crippen LogP contribution in [0.3, 0.4) is 0 Å². The fraction of sp³-hybridized carbons (Fsp3) is 0.0323. The molecule has 0 spiro atoms. The summed E-state index contributed by atoms with van der Waals surface area (Å²) in [5, 5.41) is 12.4. The Bertz CT molecular complexity index is 3440. The summed E-state index contributed by atoms with van der Waals surface area (Å²) in [6, 6.07) is 79.9. The number of methoxy groups -OCH3 is 2. The van der Waals surface area contributed by atoms with Crippen LogP contribution in [0.5, 0.6) is 11.5 Å². The number of ether oxygens (including phenoxy) is 2. The van der Waals surface area contributed by atoms with Crippen LogP contribution in [0.25, 0.3) is 121 Å². The molecule has 0 saturated heterocycles. The van der Waals surface area contributed by atoms with Crippen molar-refractivity contribution < 1.29 is 9.47 Å². The topological polar surface area (TPSA) is 18.5 Å². The van der Waals surface area contributed by atoms with Crippen molar-refractivity contribution in [3.8, 4) is 78.3 Å². The van der Waals surface area contributed by atoms with Crippen molar-refractivity contribution in [2.24, 2.45) is 0 Å². The quantitative estimate of drug-likeness (QED) is 0.142. The van der Waals surface area contributed by atoms with Crippen LogP contribution in [-0.4, -0.2) is 14.2 Å². The van der Waals surface area contributed by atoms with Crippen LogP contribution in [0.1, 0.15) is 0 Å². The molecule has 0 aliphatic rings. The minimum atomic E-state index is 0.839. The molecular weight excluding hydrogens is 777 g/mol. The maximum atomic E-state index is 5.62. The summed E-state index contributed by atoms with van der Waals surface area (Å²) < 4.78 is 11.2. The molecule has 0 unspecified atom stereocenters. The Balaban J connectivity index is 1.11. The van der Waals surface area contributed by atoms with Gasteiger partial charge in [-0.2, -0.15) is 0 Å². The lowest BCUT2D eigenvalue weighted by molar-refractivity contribution is 0.415. The third kappa shape index (κ3) is 6.18. The van der Waals surface area contributed by atoms with Crippen LogP contribution in [0.2, 0.25) is 0 Å². The van der Waals surface area contributed by atoms with Crippen LogP contribution >= 0.6 is 0 Å². The Labute approximate surface area is 372 Å². The lowest BCUT2D eigenvalue weighted by Crippen LogP contribution is -1.94. The third-order valence-electron chi connectivity index (χ3n) is 13.3. The van der Waals surface area contributed by atoms with E-state index in [0.29, 0.717) is 0 Å². The molecule has 12 aromatic rings. The minimum absolute atomic E-state index is 0.839. The van der Waals surface area contributed by atoms with Crippen molar-refractivity contribution in [3.05, 3.63) is 218 Å². The van der Waals surface area contributed by atoms with Crippen LogP contribution in [0, 0.1) is 0 Å². The molecule has 302 valence electrons. The smallest absolute Gasteiger partial charge is 0.118 e. The lowest BCUT2D eigenvalue weighted by Gasteiger charge is -2.22. The zero-order valence-corrected chi connectivity index (χ0v) is 35.6. The van der Waals surface area contributed by atoms with Crippen molar-refractivity contribution >= 4 is 53.9 Å². The van der Waals surface area contributed by atoms with E-state index in [1.165, 1.54) is 109 Å². The molecule has 12 rings (SSSR count). The second-order valence-electron chi connectivity index (χ2n) is 16.7. The molecule has 2 heteroatoms. The maximum absolute atomic E-state index is 5.62. The first kappa shape index (κ1) is 37.6. The molecule has 0 aliphatic carbocycles. The number of benzene rings is 12. The number of hydrogen-bond donors (Lipinski definition) is 0. The van der Waals surface area contributed by atoms with Gasteiger partial charge >= 0.3 is 0 Å². The molecule has 0 atom stereocenters. The van der Waals surface area contributed by atoms with Crippen molar-refractivity contribution in [3.63, 3.8) is 0 Å². The molecule has 0 heterocycles. The molecular formula is C62H42O2. The fourth-order valence-corrected chi connectivity index (χ4v) is 10.1. The Morgan fingerprint density at radius 1 is 0.234 bits per heavy atom. The molecule has 0 aliphatic heterocycles. The van der Waals surface area contributed by atoms with E-state index < -0.39 is 0 Å². The van der Waals surface area contributed by atoms with E-state index in [1.54, 1.807) is 14.2 Å². The average molecular weight is 819 g/mol. The zero-order chi connectivity index (χ0) is 42.7. The van der Waals surface area contributed by atoms with E-state index in [9.17, 15) is 0 Å². The summed E-state index contributed by atoms with van der Waals surface area (Å²) in [6.07, 6.45) is 0. The highest BCUT2D eigenvalue weighted by atomic mass is 16.5. The SMILES string of the molecule is COc1ccc(-c2cc(-c3ccc(-c4cccc5ccccc45)cc3)c3ccc4c(-c5ccc(OC)cc5)cc(-c5ccc(-c6cccc7ccccc67)cc5)c5ccc2c3c45)cc1. The van der Waals surface area contributed by atoms with Gasteiger partial charge in [0.1, 0.15) is 11.5 Å². The Kier molecular flexibility index (Phi) is 8.98. The highest BCUT2D eigenvalue weighted by Crippen LogP contribution is 2.49. The first-order valence-corrected chi connectivity index (χ1v) is 21.9. The van der Waals surface area contributed by atoms with E-state index in [1.807, 2.05) is 0 Å². The summed E-state index contributed by atoms with van der Waals surface area (Å²) in [7, 11) is 3.45. The summed E-state index contributed by atoms with van der Waals surface area (Å²) in [5.41, 5.74) is 14.3. The van der Waals surface area contributed by atoms with E-state index >= 15 is 0 Å². The van der Waals surface area contributed by atoms with Gasteiger partial charge in [-0.15, -0.1) is 0 Å². The van der Waals surface area contributed by atoms with Gasteiger partial charge in [0.25, 0.3) is 0 Å². The third-order valence-corrected chi connectivity index (χ3v) is 13.3. The van der Waals surface area contributed by atoms with Gasteiger partial charge in [0.2, 0.25) is 0 Å². The van der Waals surface area contributed by atoms with Crippen LogP contribution in [0.4, 0.5) is 0 Å². The molecule has 0 fully saturated rings. The van der Waals surface area contributed by atoms with Gasteiger partial charge in [-0.1, -0.05) is 182 Å². The minimum Gasteiger partial charge on any atom is -0.497 e. The molecule has 0 radical (unpaired) electrons. The molecule has 0 N–H and O–H groups in total. The second-order valence-corrected chi connectivity index (χ2v) is 16.7. The van der Waals surface area contributed by atoms with Gasteiger partial charge in [0.15, 0.2) is 0 Å². The molecule has 0 amide bonds. The molecule has 0 aromatic heterocycles. The van der Waals surface area contributed by atoms with E-state index in [2.05, 4.69) is 218 Å². The molecule has 64 heavy (non-hydrogen) atoms. The van der Waals surface area contributed by atoms with E-state index in [-0.39, 0.29) is 0 Å². The first-order chi connectivity index (χ1) is 31.6. The van der Waals surface area contributed by atoms with Gasteiger partial charge in [-0.25, -0.2) is 0 Å². The van der Waals surface area contributed by atoms with Gasteiger partial charge in [0.05, 0.1) is 14.2 Å². The van der Waals surface area contributed by atoms with Crippen molar-refractivity contribution in [1.29, 1.82) is 0 Å². The zero-order valence-electron chi connectivity index (χ0n) is 35.6. The summed E-state index contributed by atoms with van der Waals surface area (Å²) in [6.45, 7) is 0. The van der Waals surface area contributed by atoms with Gasteiger partial charge in [-0.05, 0) is 157 Å². The Hall–Kier alpha value is -8.20.